The summed E-state index contributed by atoms with van der Waals surface area (Å²) in [6, 6.07) is 10.3. The third-order valence-electron chi connectivity index (χ3n) is 2.37. The van der Waals surface area contributed by atoms with E-state index < -0.39 is 0 Å². The van der Waals surface area contributed by atoms with Gasteiger partial charge in [0.1, 0.15) is 0 Å². The molecule has 0 N–H and O–H groups in total. The fourth-order valence-electron chi connectivity index (χ4n) is 1.45. The van der Waals surface area contributed by atoms with Gasteiger partial charge in [-0.25, -0.2) is 0 Å². The minimum Gasteiger partial charge on any atom is -0.148 e. The largest absolute Gasteiger partial charge is 0.148 e. The van der Waals surface area contributed by atoms with Crippen LogP contribution in [0.5, 0.6) is 0 Å². The maximum absolute atomic E-state index is 5.86. The summed E-state index contributed by atoms with van der Waals surface area (Å²) in [4.78, 5) is 1.43. The Morgan fingerprint density at radius 1 is 1.07 bits per heavy atom. The Balaban J connectivity index is 2.33. The lowest BCUT2D eigenvalue weighted by molar-refractivity contribution is 0.890. The van der Waals surface area contributed by atoms with Crippen molar-refractivity contribution < 1.29 is 0 Å². The second-order valence-electron chi connectivity index (χ2n) is 3.90. The van der Waals surface area contributed by atoms with E-state index in [-0.39, 0.29) is 0 Å². The third kappa shape index (κ3) is 2.42. The van der Waals surface area contributed by atoms with E-state index in [1.54, 1.807) is 0 Å². The molecule has 0 unspecified atom stereocenters. The molecule has 0 aliphatic heterocycles. The van der Waals surface area contributed by atoms with E-state index in [0.717, 1.165) is 5.02 Å². The molecule has 0 saturated carbocycles. The lowest BCUT2D eigenvalue weighted by Crippen LogP contribution is -1.79. The number of halogens is 1. The quantitative estimate of drug-likeness (QED) is 0.673. The molecule has 15 heavy (non-hydrogen) atoms. The molecular formula is C13H13ClS. The lowest BCUT2D eigenvalue weighted by atomic mass is 10.1. The second-order valence-corrected chi connectivity index (χ2v) is 5.28. The molecule has 0 atom stereocenters. The molecule has 0 bridgehead atoms. The molecule has 0 amide bonds. The van der Waals surface area contributed by atoms with Crippen molar-refractivity contribution in [1.29, 1.82) is 0 Å². The Morgan fingerprint density at radius 3 is 2.27 bits per heavy atom. The highest BCUT2D eigenvalue weighted by atomic mass is 35.5. The van der Waals surface area contributed by atoms with Gasteiger partial charge in [-0.05, 0) is 40.6 Å². The van der Waals surface area contributed by atoms with Gasteiger partial charge in [0.15, 0.2) is 0 Å². The summed E-state index contributed by atoms with van der Waals surface area (Å²) < 4.78 is 0. The number of thiophene rings is 1. The van der Waals surface area contributed by atoms with Crippen LogP contribution in [0.4, 0.5) is 0 Å². The van der Waals surface area contributed by atoms with Gasteiger partial charge in [-0.15, -0.1) is 11.3 Å². The van der Waals surface area contributed by atoms with Gasteiger partial charge in [0.05, 0.1) is 0 Å². The van der Waals surface area contributed by atoms with E-state index in [1.807, 2.05) is 23.5 Å². The molecule has 78 valence electrons. The molecule has 0 nitrogen and oxygen atoms in total. The highest BCUT2D eigenvalue weighted by Crippen LogP contribution is 2.30. The Morgan fingerprint density at radius 2 is 1.73 bits per heavy atom. The third-order valence-corrected chi connectivity index (χ3v) is 3.85. The lowest BCUT2D eigenvalue weighted by Gasteiger charge is -1.99. The van der Waals surface area contributed by atoms with Crippen molar-refractivity contribution in [2.24, 2.45) is 0 Å². The van der Waals surface area contributed by atoms with E-state index in [2.05, 4.69) is 37.4 Å². The van der Waals surface area contributed by atoms with Crippen LogP contribution in [0.1, 0.15) is 24.6 Å². The fourth-order valence-corrected chi connectivity index (χ4v) is 2.51. The minimum atomic E-state index is 0.607. The van der Waals surface area contributed by atoms with Crippen molar-refractivity contribution in [3.8, 4) is 11.1 Å². The smallest absolute Gasteiger partial charge is 0.0406 e. The van der Waals surface area contributed by atoms with Gasteiger partial charge in [-0.1, -0.05) is 37.6 Å². The van der Waals surface area contributed by atoms with Crippen LogP contribution in [-0.4, -0.2) is 0 Å². The molecule has 0 saturated heterocycles. The van der Waals surface area contributed by atoms with E-state index in [0.29, 0.717) is 5.92 Å². The van der Waals surface area contributed by atoms with Gasteiger partial charge in [-0.2, -0.15) is 0 Å². The van der Waals surface area contributed by atoms with Crippen LogP contribution >= 0.6 is 22.9 Å². The van der Waals surface area contributed by atoms with Crippen LogP contribution in [0.15, 0.2) is 35.7 Å². The summed E-state index contributed by atoms with van der Waals surface area (Å²) in [6.45, 7) is 4.44. The number of rotatable bonds is 2. The van der Waals surface area contributed by atoms with Gasteiger partial charge in [0, 0.05) is 9.90 Å². The molecule has 1 heterocycles. The van der Waals surface area contributed by atoms with Gasteiger partial charge >= 0.3 is 0 Å². The zero-order chi connectivity index (χ0) is 10.8. The molecule has 0 spiro atoms. The van der Waals surface area contributed by atoms with Crippen LogP contribution < -0.4 is 0 Å². The maximum atomic E-state index is 5.86. The molecule has 2 aromatic rings. The Kier molecular flexibility index (Phi) is 3.13. The SMILES string of the molecule is CC(C)c1cc(-c2ccc(Cl)cc2)cs1. The first-order valence-corrected chi connectivity index (χ1v) is 6.27. The van der Waals surface area contributed by atoms with Crippen molar-refractivity contribution in [3.05, 3.63) is 45.6 Å². The monoisotopic (exact) mass is 236 g/mol. The molecule has 1 aromatic carbocycles. The number of hydrogen-bond donors (Lipinski definition) is 0. The minimum absolute atomic E-state index is 0.607. The van der Waals surface area contributed by atoms with Crippen LogP contribution in [0, 0.1) is 0 Å². The molecular weight excluding hydrogens is 224 g/mol. The zero-order valence-corrected chi connectivity index (χ0v) is 10.4. The molecule has 0 fully saturated rings. The van der Waals surface area contributed by atoms with E-state index in [4.69, 9.17) is 11.6 Å². The molecule has 0 radical (unpaired) electrons. The normalized spacial score (nSPS) is 10.9. The average Bonchev–Trinajstić information content (AvgIpc) is 2.68. The molecule has 2 rings (SSSR count). The van der Waals surface area contributed by atoms with Crippen molar-refractivity contribution in [2.45, 2.75) is 19.8 Å². The van der Waals surface area contributed by atoms with Crippen LogP contribution in [0.25, 0.3) is 11.1 Å². The average molecular weight is 237 g/mol. The Labute approximate surface area is 99.5 Å². The number of benzene rings is 1. The summed E-state index contributed by atoms with van der Waals surface area (Å²) in [5.41, 5.74) is 2.53. The zero-order valence-electron chi connectivity index (χ0n) is 8.83. The van der Waals surface area contributed by atoms with Crippen molar-refractivity contribution in [1.82, 2.24) is 0 Å². The topological polar surface area (TPSA) is 0 Å². The fraction of sp³-hybridized carbons (Fsp3) is 0.231. The predicted molar refractivity (Wildman–Crippen MR) is 68.9 cm³/mol. The summed E-state index contributed by atoms with van der Waals surface area (Å²) in [5.74, 6) is 0.607. The van der Waals surface area contributed by atoms with Gasteiger partial charge in [0.25, 0.3) is 0 Å². The second kappa shape index (κ2) is 4.38. The predicted octanol–water partition coefficient (Wildman–Crippen LogP) is 5.19. The van der Waals surface area contributed by atoms with Crippen LogP contribution in [0.2, 0.25) is 5.02 Å². The Bertz CT molecular complexity index is 440. The van der Waals surface area contributed by atoms with E-state index in [9.17, 15) is 0 Å². The summed E-state index contributed by atoms with van der Waals surface area (Å²) in [7, 11) is 0. The van der Waals surface area contributed by atoms with E-state index in [1.165, 1.54) is 16.0 Å². The molecule has 0 aliphatic rings. The van der Waals surface area contributed by atoms with E-state index >= 15 is 0 Å². The first-order chi connectivity index (χ1) is 7.16. The maximum Gasteiger partial charge on any atom is 0.0406 e. The first kappa shape index (κ1) is 10.7. The van der Waals surface area contributed by atoms with Gasteiger partial charge < -0.3 is 0 Å². The summed E-state index contributed by atoms with van der Waals surface area (Å²) >= 11 is 7.68. The first-order valence-electron chi connectivity index (χ1n) is 5.01. The van der Waals surface area contributed by atoms with Gasteiger partial charge in [0.2, 0.25) is 0 Å². The molecule has 0 aliphatic carbocycles. The van der Waals surface area contributed by atoms with Gasteiger partial charge in [-0.3, -0.25) is 0 Å². The summed E-state index contributed by atoms with van der Waals surface area (Å²) in [5, 5.41) is 3.00. The van der Waals surface area contributed by atoms with Crippen molar-refractivity contribution in [3.63, 3.8) is 0 Å². The highest BCUT2D eigenvalue weighted by molar-refractivity contribution is 7.10. The van der Waals surface area contributed by atoms with Crippen molar-refractivity contribution in [2.75, 3.05) is 0 Å². The van der Waals surface area contributed by atoms with Crippen LogP contribution in [0.3, 0.4) is 0 Å². The van der Waals surface area contributed by atoms with Crippen LogP contribution in [-0.2, 0) is 0 Å². The summed E-state index contributed by atoms with van der Waals surface area (Å²) in [6.07, 6.45) is 0. The van der Waals surface area contributed by atoms with Crippen molar-refractivity contribution >= 4 is 22.9 Å². The Hall–Kier alpha value is -0.790. The highest BCUT2D eigenvalue weighted by Gasteiger charge is 2.05. The number of hydrogen-bond acceptors (Lipinski definition) is 1. The standard InChI is InChI=1S/C13H13ClS/c1-9(2)13-7-11(8-15-13)10-3-5-12(14)6-4-10/h3-9H,1-2H3. The molecule has 1 aromatic heterocycles. The molecule has 2 heteroatoms.